The molecule has 3 aromatic rings. The molecule has 0 bridgehead atoms. The van der Waals surface area contributed by atoms with Crippen molar-refractivity contribution in [3.63, 3.8) is 0 Å². The number of halogens is 1. The lowest BCUT2D eigenvalue weighted by molar-refractivity contribution is 0.335. The van der Waals surface area contributed by atoms with Gasteiger partial charge < -0.3 is 14.8 Å². The van der Waals surface area contributed by atoms with Crippen molar-refractivity contribution in [3.8, 4) is 0 Å². The molecule has 30 heavy (non-hydrogen) atoms. The average Bonchev–Trinajstić information content (AvgIpc) is 3.46. The number of para-hydroxylation sites is 2. The Balaban J connectivity index is 0.000000757. The minimum absolute atomic E-state index is 0.842. The molecule has 2 heterocycles. The number of likely N-dealkylation sites (tertiary alicyclic amines) is 1. The highest BCUT2D eigenvalue weighted by atomic mass is 79.9. The Morgan fingerprint density at radius 3 is 2.50 bits per heavy atom. The molecule has 1 aliphatic heterocycles. The minimum Gasteiger partial charge on any atom is -0.326 e. The van der Waals surface area contributed by atoms with Crippen molar-refractivity contribution in [3.05, 3.63) is 64.4 Å². The molecule has 0 spiro atoms. The first-order chi connectivity index (χ1) is 14.8. The third-order valence-electron chi connectivity index (χ3n) is 5.11. The lowest BCUT2D eigenvalue weighted by Crippen LogP contribution is -2.29. The smallest absolute Gasteiger partial charge is 0.0961 e. The molecule has 1 N–H and O–H groups in total. The van der Waals surface area contributed by atoms with Crippen LogP contribution in [-0.4, -0.2) is 40.6 Å². The summed E-state index contributed by atoms with van der Waals surface area (Å²) in [6, 6.07) is 14.9. The van der Waals surface area contributed by atoms with E-state index in [1.54, 1.807) is 0 Å². The molecule has 4 nitrogen and oxygen atoms in total. The van der Waals surface area contributed by atoms with Gasteiger partial charge in [-0.1, -0.05) is 67.9 Å². The molecular formula is C25H37BrN4. The second kappa shape index (κ2) is 13.6. The number of hydrogen-bond acceptors (Lipinski definition) is 3. The fourth-order valence-electron chi connectivity index (χ4n) is 3.66. The van der Waals surface area contributed by atoms with Crippen molar-refractivity contribution in [2.75, 3.05) is 26.2 Å². The number of rotatable bonds is 7. The van der Waals surface area contributed by atoms with E-state index in [0.29, 0.717) is 0 Å². The first-order valence-electron chi connectivity index (χ1n) is 11.4. The fourth-order valence-corrected chi connectivity index (χ4v) is 4.05. The van der Waals surface area contributed by atoms with E-state index in [-0.39, 0.29) is 0 Å². The van der Waals surface area contributed by atoms with Crippen LogP contribution in [0, 0.1) is 0 Å². The summed E-state index contributed by atoms with van der Waals surface area (Å²) in [6.07, 6.45) is 4.65. The zero-order valence-electron chi connectivity index (χ0n) is 19.0. The van der Waals surface area contributed by atoms with E-state index in [2.05, 4.69) is 72.1 Å². The highest BCUT2D eigenvalue weighted by Gasteiger charge is 2.10. The summed E-state index contributed by atoms with van der Waals surface area (Å²) in [4.78, 5) is 7.03. The number of nitrogens with one attached hydrogen (secondary N) is 1. The van der Waals surface area contributed by atoms with Gasteiger partial charge in [0.1, 0.15) is 0 Å². The van der Waals surface area contributed by atoms with Crippen molar-refractivity contribution in [2.24, 2.45) is 0 Å². The molecule has 164 valence electrons. The SMILES string of the molecule is Brc1ccc(Cn2cnc3ccccc32)cc1CNCCN1CCCC1.CC.CC. The van der Waals surface area contributed by atoms with E-state index in [0.717, 1.165) is 31.7 Å². The van der Waals surface area contributed by atoms with Gasteiger partial charge in [-0.15, -0.1) is 0 Å². The molecule has 0 atom stereocenters. The Morgan fingerprint density at radius 2 is 1.73 bits per heavy atom. The highest BCUT2D eigenvalue weighted by Crippen LogP contribution is 2.20. The molecular weight excluding hydrogens is 436 g/mol. The Bertz CT molecular complexity index is 868. The number of aromatic nitrogens is 2. The zero-order valence-corrected chi connectivity index (χ0v) is 20.6. The number of nitrogens with zero attached hydrogens (tertiary/aromatic N) is 3. The molecule has 0 saturated carbocycles. The average molecular weight is 474 g/mol. The molecule has 2 aromatic carbocycles. The summed E-state index contributed by atoms with van der Waals surface area (Å²) >= 11 is 3.70. The van der Waals surface area contributed by atoms with Gasteiger partial charge in [0.2, 0.25) is 0 Å². The van der Waals surface area contributed by atoms with Gasteiger partial charge in [-0.2, -0.15) is 0 Å². The number of hydrogen-bond donors (Lipinski definition) is 1. The van der Waals surface area contributed by atoms with E-state index >= 15 is 0 Å². The van der Waals surface area contributed by atoms with Gasteiger partial charge in [0.15, 0.2) is 0 Å². The summed E-state index contributed by atoms with van der Waals surface area (Å²) in [6.45, 7) is 14.5. The standard InChI is InChI=1S/C21H25BrN4.2C2H6/c22-19-8-7-17(15-26-16-24-20-5-1-2-6-21(20)26)13-18(19)14-23-9-12-25-10-3-4-11-25;2*1-2/h1-2,5-8,13,16,23H,3-4,9-12,14-15H2;2*1-2H3. The summed E-state index contributed by atoms with van der Waals surface area (Å²) < 4.78 is 3.38. The summed E-state index contributed by atoms with van der Waals surface area (Å²) in [5.74, 6) is 0. The van der Waals surface area contributed by atoms with Crippen molar-refractivity contribution < 1.29 is 0 Å². The molecule has 0 amide bonds. The number of fused-ring (bicyclic) bond motifs is 1. The van der Waals surface area contributed by atoms with Crippen LogP contribution in [0.5, 0.6) is 0 Å². The van der Waals surface area contributed by atoms with Crippen LogP contribution in [-0.2, 0) is 13.1 Å². The molecule has 1 aromatic heterocycles. The zero-order chi connectivity index (χ0) is 21.8. The highest BCUT2D eigenvalue weighted by molar-refractivity contribution is 9.10. The maximum atomic E-state index is 4.49. The van der Waals surface area contributed by atoms with Crippen LogP contribution in [0.15, 0.2) is 53.3 Å². The summed E-state index contributed by atoms with van der Waals surface area (Å²) in [5.41, 5.74) is 4.84. The second-order valence-electron chi connectivity index (χ2n) is 7.01. The maximum Gasteiger partial charge on any atom is 0.0961 e. The molecule has 1 fully saturated rings. The Hall–Kier alpha value is -1.69. The molecule has 0 unspecified atom stereocenters. The van der Waals surface area contributed by atoms with E-state index < -0.39 is 0 Å². The summed E-state index contributed by atoms with van der Waals surface area (Å²) in [7, 11) is 0. The predicted octanol–water partition coefficient (Wildman–Crippen LogP) is 6.08. The van der Waals surface area contributed by atoms with Crippen LogP contribution < -0.4 is 5.32 Å². The first kappa shape index (κ1) is 24.6. The lowest BCUT2D eigenvalue weighted by atomic mass is 10.1. The van der Waals surface area contributed by atoms with Crippen LogP contribution in [0.4, 0.5) is 0 Å². The molecule has 0 radical (unpaired) electrons. The van der Waals surface area contributed by atoms with Gasteiger partial charge in [-0.25, -0.2) is 4.98 Å². The molecule has 1 aliphatic rings. The Kier molecular flexibility index (Phi) is 11.1. The van der Waals surface area contributed by atoms with E-state index in [9.17, 15) is 0 Å². The van der Waals surface area contributed by atoms with Gasteiger partial charge in [-0.05, 0) is 55.3 Å². The normalized spacial score (nSPS) is 13.5. The van der Waals surface area contributed by atoms with Crippen LogP contribution >= 0.6 is 15.9 Å². The Morgan fingerprint density at radius 1 is 1.00 bits per heavy atom. The van der Waals surface area contributed by atoms with E-state index in [1.807, 2.05) is 40.1 Å². The third kappa shape index (κ3) is 6.93. The second-order valence-corrected chi connectivity index (χ2v) is 7.87. The molecule has 0 aliphatic carbocycles. The maximum absolute atomic E-state index is 4.49. The monoisotopic (exact) mass is 472 g/mol. The van der Waals surface area contributed by atoms with Crippen molar-refractivity contribution in [2.45, 2.75) is 53.6 Å². The Labute approximate surface area is 190 Å². The molecule has 4 rings (SSSR count). The first-order valence-corrected chi connectivity index (χ1v) is 12.2. The van der Waals surface area contributed by atoms with E-state index in [4.69, 9.17) is 0 Å². The molecule has 1 saturated heterocycles. The number of benzene rings is 2. The summed E-state index contributed by atoms with van der Waals surface area (Å²) in [5, 5.41) is 3.59. The quantitative estimate of drug-likeness (QED) is 0.422. The third-order valence-corrected chi connectivity index (χ3v) is 5.88. The minimum atomic E-state index is 0.842. The van der Waals surface area contributed by atoms with Gasteiger partial charge in [-0.3, -0.25) is 0 Å². The van der Waals surface area contributed by atoms with Gasteiger partial charge in [0, 0.05) is 30.7 Å². The lowest BCUT2D eigenvalue weighted by Gasteiger charge is -2.15. The van der Waals surface area contributed by atoms with Crippen molar-refractivity contribution in [1.82, 2.24) is 19.8 Å². The van der Waals surface area contributed by atoms with Crippen LogP contribution in [0.1, 0.15) is 51.7 Å². The van der Waals surface area contributed by atoms with Crippen LogP contribution in [0.2, 0.25) is 0 Å². The largest absolute Gasteiger partial charge is 0.326 e. The fraction of sp³-hybridized carbons (Fsp3) is 0.480. The topological polar surface area (TPSA) is 33.1 Å². The number of imidazole rings is 1. The predicted molar refractivity (Wildman–Crippen MR) is 133 cm³/mol. The van der Waals surface area contributed by atoms with Gasteiger partial charge in [0.05, 0.1) is 17.4 Å². The van der Waals surface area contributed by atoms with Crippen molar-refractivity contribution in [1.29, 1.82) is 0 Å². The van der Waals surface area contributed by atoms with E-state index in [1.165, 1.54) is 47.0 Å². The van der Waals surface area contributed by atoms with Crippen LogP contribution in [0.3, 0.4) is 0 Å². The van der Waals surface area contributed by atoms with Crippen molar-refractivity contribution >= 4 is 27.0 Å². The van der Waals surface area contributed by atoms with Crippen LogP contribution in [0.25, 0.3) is 11.0 Å². The molecule has 5 heteroatoms. The van der Waals surface area contributed by atoms with Gasteiger partial charge >= 0.3 is 0 Å². The van der Waals surface area contributed by atoms with Gasteiger partial charge in [0.25, 0.3) is 0 Å².